The standard InChI is InChI=1S/CH3IO3S.K.H/c2-1-6(3,4)5;;/h1H2,(H,3,4,5);;/q;+1;-1. The first-order valence-electron chi connectivity index (χ1n) is 1.07. The fourth-order valence-corrected chi connectivity index (χ4v) is 0. The van der Waals surface area contributed by atoms with Gasteiger partial charge >= 0.3 is 51.4 Å². The van der Waals surface area contributed by atoms with Crippen molar-refractivity contribution in [3.05, 3.63) is 0 Å². The molecule has 0 bridgehead atoms. The predicted molar refractivity (Wildman–Crippen MR) is 31.5 cm³/mol. The molecule has 6 heteroatoms. The Morgan fingerprint density at radius 3 is 1.86 bits per heavy atom. The van der Waals surface area contributed by atoms with E-state index in [1.54, 1.807) is 22.6 Å². The third-order valence-electron chi connectivity index (χ3n) is 0.138. The quantitative estimate of drug-likeness (QED) is 0.244. The molecule has 40 valence electrons. The fraction of sp³-hybridized carbons (Fsp3) is 1.00. The van der Waals surface area contributed by atoms with Crippen molar-refractivity contribution in [1.29, 1.82) is 0 Å². The number of halogens is 1. The van der Waals surface area contributed by atoms with Gasteiger partial charge in [-0.1, -0.05) is 22.6 Å². The van der Waals surface area contributed by atoms with Gasteiger partial charge in [-0.25, -0.2) is 0 Å². The molecular weight excluding hydrogens is 258 g/mol. The van der Waals surface area contributed by atoms with Crippen LogP contribution >= 0.6 is 22.6 Å². The molecule has 1 N–H and O–H groups in total. The summed E-state index contributed by atoms with van der Waals surface area (Å²) in [6.45, 7) is 0. The van der Waals surface area contributed by atoms with Gasteiger partial charge in [-0.2, -0.15) is 8.42 Å². The smallest absolute Gasteiger partial charge is 1.00 e. The zero-order chi connectivity index (χ0) is 5.21. The van der Waals surface area contributed by atoms with Crippen LogP contribution in [0.1, 0.15) is 1.43 Å². The molecule has 0 aromatic heterocycles. The van der Waals surface area contributed by atoms with Gasteiger partial charge in [-0.3, -0.25) is 4.55 Å². The molecule has 7 heavy (non-hydrogen) atoms. The molecule has 0 fully saturated rings. The zero-order valence-electron chi connectivity index (χ0n) is 4.76. The van der Waals surface area contributed by atoms with E-state index in [1.807, 2.05) is 0 Å². The maximum atomic E-state index is 9.55. The fourth-order valence-electron chi connectivity index (χ4n) is 0. The molecule has 0 amide bonds. The van der Waals surface area contributed by atoms with Crippen LogP contribution in [-0.4, -0.2) is 16.7 Å². The van der Waals surface area contributed by atoms with Crippen molar-refractivity contribution in [3.8, 4) is 0 Å². The Balaban J connectivity index is -0.000000125. The molecule has 0 atom stereocenters. The molecule has 0 spiro atoms. The van der Waals surface area contributed by atoms with Crippen LogP contribution in [0, 0.1) is 0 Å². The van der Waals surface area contributed by atoms with E-state index < -0.39 is 10.1 Å². The number of hydrogen-bond acceptors (Lipinski definition) is 2. The molecular formula is CH4IKO3S. The minimum absolute atomic E-state index is 0. The van der Waals surface area contributed by atoms with E-state index in [0.29, 0.717) is 0 Å². The monoisotopic (exact) mass is 262 g/mol. The van der Waals surface area contributed by atoms with Gasteiger partial charge in [0.05, 0.1) is 0 Å². The number of alkyl halides is 1. The van der Waals surface area contributed by atoms with Gasteiger partial charge in [-0.05, 0) is 0 Å². The molecule has 0 aromatic rings. The number of rotatable bonds is 1. The third kappa shape index (κ3) is 11.7. The van der Waals surface area contributed by atoms with Crippen molar-refractivity contribution in [2.45, 2.75) is 0 Å². The molecule has 0 aliphatic carbocycles. The Bertz CT molecular complexity index is 121. The maximum absolute atomic E-state index is 9.55. The Morgan fingerprint density at radius 2 is 1.86 bits per heavy atom. The summed E-state index contributed by atoms with van der Waals surface area (Å²) in [5.41, 5.74) is 0. The van der Waals surface area contributed by atoms with E-state index in [1.165, 1.54) is 0 Å². The van der Waals surface area contributed by atoms with Crippen molar-refractivity contribution >= 4 is 32.7 Å². The topological polar surface area (TPSA) is 54.4 Å². The molecule has 0 rings (SSSR count). The van der Waals surface area contributed by atoms with Crippen molar-refractivity contribution in [2.75, 3.05) is 3.76 Å². The van der Waals surface area contributed by atoms with E-state index >= 15 is 0 Å². The SMILES string of the molecule is O=S(=O)(O)CI.[H-].[K+]. The largest absolute Gasteiger partial charge is 1.00 e. The molecule has 0 saturated heterocycles. The summed E-state index contributed by atoms with van der Waals surface area (Å²) in [4.78, 5) is 0. The van der Waals surface area contributed by atoms with Gasteiger partial charge in [0.25, 0.3) is 10.1 Å². The molecule has 0 aliphatic rings. The third-order valence-corrected chi connectivity index (χ3v) is 2.77. The van der Waals surface area contributed by atoms with E-state index in [0.717, 1.165) is 0 Å². The van der Waals surface area contributed by atoms with Crippen LogP contribution in [0.2, 0.25) is 0 Å². The second kappa shape index (κ2) is 5.09. The van der Waals surface area contributed by atoms with Crippen LogP contribution in [0.4, 0.5) is 0 Å². The second-order valence-corrected chi connectivity index (χ2v) is 3.94. The molecule has 0 aliphatic heterocycles. The summed E-state index contributed by atoms with van der Waals surface area (Å²) >= 11 is 1.56. The average Bonchev–Trinajstić information content (AvgIpc) is 1.35. The summed E-state index contributed by atoms with van der Waals surface area (Å²) in [5, 5.41) is 0. The van der Waals surface area contributed by atoms with Crippen LogP contribution in [0.3, 0.4) is 0 Å². The van der Waals surface area contributed by atoms with Crippen LogP contribution in [-0.2, 0) is 10.1 Å². The van der Waals surface area contributed by atoms with Gasteiger partial charge in [0, 0.05) is 0 Å². The molecule has 0 unspecified atom stereocenters. The minimum atomic E-state index is -3.68. The van der Waals surface area contributed by atoms with Crippen LogP contribution in [0.15, 0.2) is 0 Å². The van der Waals surface area contributed by atoms with E-state index in [4.69, 9.17) is 4.55 Å². The normalized spacial score (nSPS) is 10.0. The average molecular weight is 262 g/mol. The zero-order valence-corrected chi connectivity index (χ0v) is 9.85. The molecule has 0 saturated carbocycles. The van der Waals surface area contributed by atoms with Crippen LogP contribution < -0.4 is 51.4 Å². The molecule has 3 nitrogen and oxygen atoms in total. The Kier molecular flexibility index (Phi) is 8.73. The van der Waals surface area contributed by atoms with E-state index in [2.05, 4.69) is 0 Å². The summed E-state index contributed by atoms with van der Waals surface area (Å²) in [5.74, 6) is 0. The second-order valence-electron chi connectivity index (χ2n) is 0.691. The van der Waals surface area contributed by atoms with Crippen molar-refractivity contribution in [3.63, 3.8) is 0 Å². The summed E-state index contributed by atoms with van der Waals surface area (Å²) < 4.78 is 26.7. The Hall–Kier alpha value is 2.28. The summed E-state index contributed by atoms with van der Waals surface area (Å²) in [6.07, 6.45) is 0. The maximum Gasteiger partial charge on any atom is 1.00 e. The predicted octanol–water partition coefficient (Wildman–Crippen LogP) is -2.62. The molecule has 0 heterocycles. The first-order valence-corrected chi connectivity index (χ1v) is 4.21. The van der Waals surface area contributed by atoms with Gasteiger partial charge in [0.1, 0.15) is 3.76 Å². The minimum Gasteiger partial charge on any atom is -1.00 e. The van der Waals surface area contributed by atoms with Gasteiger partial charge in [0.15, 0.2) is 0 Å². The summed E-state index contributed by atoms with van der Waals surface area (Å²) in [6, 6.07) is 0. The first-order chi connectivity index (χ1) is 2.56. The first kappa shape index (κ1) is 12.0. The van der Waals surface area contributed by atoms with Gasteiger partial charge in [-0.15, -0.1) is 0 Å². The Morgan fingerprint density at radius 1 is 1.71 bits per heavy atom. The van der Waals surface area contributed by atoms with Gasteiger partial charge < -0.3 is 1.43 Å². The molecule has 0 radical (unpaired) electrons. The van der Waals surface area contributed by atoms with Gasteiger partial charge in [0.2, 0.25) is 0 Å². The van der Waals surface area contributed by atoms with E-state index in [-0.39, 0.29) is 56.6 Å². The van der Waals surface area contributed by atoms with Crippen molar-refractivity contribution < 1.29 is 65.8 Å². The molecule has 0 aromatic carbocycles. The van der Waals surface area contributed by atoms with Crippen molar-refractivity contribution in [2.24, 2.45) is 0 Å². The number of hydrogen-bond donors (Lipinski definition) is 1. The van der Waals surface area contributed by atoms with E-state index in [9.17, 15) is 8.42 Å². The van der Waals surface area contributed by atoms with Crippen molar-refractivity contribution in [1.82, 2.24) is 0 Å². The van der Waals surface area contributed by atoms with Crippen LogP contribution in [0.25, 0.3) is 0 Å². The van der Waals surface area contributed by atoms with Crippen LogP contribution in [0.5, 0.6) is 0 Å². The Labute approximate surface area is 100 Å². The summed E-state index contributed by atoms with van der Waals surface area (Å²) in [7, 11) is -3.68.